The summed E-state index contributed by atoms with van der Waals surface area (Å²) >= 11 is 5.08. The van der Waals surface area contributed by atoms with Crippen LogP contribution in [0.3, 0.4) is 0 Å². The van der Waals surface area contributed by atoms with Crippen molar-refractivity contribution in [1.29, 1.82) is 0 Å². The van der Waals surface area contributed by atoms with Crippen LogP contribution in [0.25, 0.3) is 0 Å². The first-order valence-corrected chi connectivity index (χ1v) is 7.17. The number of rotatable bonds is 6. The molecule has 0 saturated carbocycles. The average Bonchev–Trinajstić information content (AvgIpc) is 2.37. The number of carbonyl (C=O) groups excluding carboxylic acids is 1. The Kier molecular flexibility index (Phi) is 7.18. The quantitative estimate of drug-likeness (QED) is 0.625. The number of thiocarbonyl (C=S) groups is 1. The molecule has 1 aromatic rings. The van der Waals surface area contributed by atoms with Crippen LogP contribution in [0.2, 0.25) is 0 Å². The molecular formula is C15H22N2O2S. The Hall–Kier alpha value is -1.46. The molecule has 1 aromatic carbocycles. The van der Waals surface area contributed by atoms with Gasteiger partial charge in [0.1, 0.15) is 0 Å². The second-order valence-corrected chi connectivity index (χ2v) is 5.26. The van der Waals surface area contributed by atoms with E-state index in [-0.39, 0.29) is 12.0 Å². The number of carbonyl (C=O) groups is 1. The summed E-state index contributed by atoms with van der Waals surface area (Å²) in [6.45, 7) is 7.31. The van der Waals surface area contributed by atoms with E-state index in [4.69, 9.17) is 17.0 Å². The van der Waals surface area contributed by atoms with Gasteiger partial charge in [-0.2, -0.15) is 0 Å². The fourth-order valence-electron chi connectivity index (χ4n) is 1.60. The normalized spacial score (nSPS) is 10.4. The minimum absolute atomic E-state index is 0.190. The summed E-state index contributed by atoms with van der Waals surface area (Å²) in [7, 11) is 0. The molecule has 0 aromatic heterocycles. The zero-order valence-electron chi connectivity index (χ0n) is 12.2. The fraction of sp³-hybridized carbons (Fsp3) is 0.467. The SMILES string of the molecule is Cc1cccc(C(=O)NC(=S)NCCCOC(C)C)c1. The molecule has 2 N–H and O–H groups in total. The number of nitrogens with one attached hydrogen (secondary N) is 2. The molecule has 0 unspecified atom stereocenters. The van der Waals surface area contributed by atoms with Crippen molar-refractivity contribution < 1.29 is 9.53 Å². The van der Waals surface area contributed by atoms with Gasteiger partial charge in [-0.05, 0) is 51.5 Å². The van der Waals surface area contributed by atoms with Gasteiger partial charge in [-0.25, -0.2) is 0 Å². The van der Waals surface area contributed by atoms with Crippen LogP contribution in [0.4, 0.5) is 0 Å². The molecule has 5 heteroatoms. The Morgan fingerprint density at radius 1 is 1.40 bits per heavy atom. The molecule has 0 atom stereocenters. The van der Waals surface area contributed by atoms with Crippen LogP contribution in [0.15, 0.2) is 24.3 Å². The third-order valence-electron chi connectivity index (χ3n) is 2.57. The highest BCUT2D eigenvalue weighted by Gasteiger charge is 2.07. The highest BCUT2D eigenvalue weighted by molar-refractivity contribution is 7.80. The zero-order chi connectivity index (χ0) is 15.0. The molecule has 0 aliphatic rings. The highest BCUT2D eigenvalue weighted by Crippen LogP contribution is 2.03. The first kappa shape index (κ1) is 16.6. The molecule has 0 heterocycles. The molecule has 0 radical (unpaired) electrons. The second-order valence-electron chi connectivity index (χ2n) is 4.85. The maximum Gasteiger partial charge on any atom is 0.257 e. The summed E-state index contributed by atoms with van der Waals surface area (Å²) in [6, 6.07) is 7.39. The van der Waals surface area contributed by atoms with Crippen molar-refractivity contribution in [2.24, 2.45) is 0 Å². The Balaban J connectivity index is 2.27. The Labute approximate surface area is 125 Å². The summed E-state index contributed by atoms with van der Waals surface area (Å²) in [4.78, 5) is 11.9. The molecule has 0 aliphatic carbocycles. The molecule has 20 heavy (non-hydrogen) atoms. The van der Waals surface area contributed by atoms with E-state index in [1.54, 1.807) is 6.07 Å². The zero-order valence-corrected chi connectivity index (χ0v) is 13.0. The van der Waals surface area contributed by atoms with Crippen LogP contribution in [0, 0.1) is 6.92 Å². The predicted octanol–water partition coefficient (Wildman–Crippen LogP) is 2.41. The Morgan fingerprint density at radius 2 is 2.15 bits per heavy atom. The molecule has 110 valence electrons. The molecule has 0 saturated heterocycles. The maximum absolute atomic E-state index is 11.9. The number of amides is 1. The van der Waals surface area contributed by atoms with Crippen molar-refractivity contribution in [3.63, 3.8) is 0 Å². The number of benzene rings is 1. The van der Waals surface area contributed by atoms with Crippen LogP contribution in [-0.4, -0.2) is 30.3 Å². The molecule has 1 amide bonds. The van der Waals surface area contributed by atoms with E-state index in [1.165, 1.54) is 0 Å². The predicted molar refractivity (Wildman–Crippen MR) is 85.0 cm³/mol. The molecule has 4 nitrogen and oxygen atoms in total. The van der Waals surface area contributed by atoms with Gasteiger partial charge in [0.15, 0.2) is 5.11 Å². The van der Waals surface area contributed by atoms with Crippen LogP contribution < -0.4 is 10.6 Å². The summed E-state index contributed by atoms with van der Waals surface area (Å²) in [5.74, 6) is -0.190. The first-order valence-electron chi connectivity index (χ1n) is 6.76. The van der Waals surface area contributed by atoms with E-state index in [2.05, 4.69) is 10.6 Å². The Morgan fingerprint density at radius 3 is 2.80 bits per heavy atom. The summed E-state index contributed by atoms with van der Waals surface area (Å²) in [5, 5.41) is 6.00. The first-order chi connectivity index (χ1) is 9.49. The van der Waals surface area contributed by atoms with E-state index in [9.17, 15) is 4.79 Å². The topological polar surface area (TPSA) is 50.4 Å². The third-order valence-corrected chi connectivity index (χ3v) is 2.81. The second kappa shape index (κ2) is 8.66. The van der Waals surface area contributed by atoms with Crippen molar-refractivity contribution >= 4 is 23.2 Å². The molecule has 0 bridgehead atoms. The monoisotopic (exact) mass is 294 g/mol. The Bertz CT molecular complexity index is 461. The molecule has 0 aliphatic heterocycles. The van der Waals surface area contributed by atoms with Gasteiger partial charge in [0.2, 0.25) is 0 Å². The number of aryl methyl sites for hydroxylation is 1. The van der Waals surface area contributed by atoms with E-state index in [0.717, 1.165) is 12.0 Å². The third kappa shape index (κ3) is 6.63. The summed E-state index contributed by atoms with van der Waals surface area (Å²) < 4.78 is 5.42. The van der Waals surface area contributed by atoms with Crippen molar-refractivity contribution in [3.8, 4) is 0 Å². The van der Waals surface area contributed by atoms with Gasteiger partial charge >= 0.3 is 0 Å². The van der Waals surface area contributed by atoms with E-state index >= 15 is 0 Å². The van der Waals surface area contributed by atoms with E-state index in [0.29, 0.717) is 23.8 Å². The standard InChI is InChI=1S/C15H22N2O2S/c1-11(2)19-9-5-8-16-15(20)17-14(18)13-7-4-6-12(3)10-13/h4,6-7,10-11H,5,8-9H2,1-3H3,(H2,16,17,18,20). The van der Waals surface area contributed by atoms with Crippen molar-refractivity contribution in [2.45, 2.75) is 33.3 Å². The minimum atomic E-state index is -0.190. The van der Waals surface area contributed by atoms with Crippen LogP contribution >= 0.6 is 12.2 Å². The molecular weight excluding hydrogens is 272 g/mol. The van der Waals surface area contributed by atoms with Crippen molar-refractivity contribution in [2.75, 3.05) is 13.2 Å². The van der Waals surface area contributed by atoms with Crippen LogP contribution in [-0.2, 0) is 4.74 Å². The van der Waals surface area contributed by atoms with E-state index in [1.807, 2.05) is 39.0 Å². The molecule has 1 rings (SSSR count). The molecule has 0 spiro atoms. The minimum Gasteiger partial charge on any atom is -0.379 e. The summed E-state index contributed by atoms with van der Waals surface area (Å²) in [6.07, 6.45) is 1.08. The van der Waals surface area contributed by atoms with Gasteiger partial charge in [0, 0.05) is 18.7 Å². The molecule has 0 fully saturated rings. The largest absolute Gasteiger partial charge is 0.379 e. The lowest BCUT2D eigenvalue weighted by Gasteiger charge is -2.11. The van der Waals surface area contributed by atoms with E-state index < -0.39 is 0 Å². The number of hydrogen-bond donors (Lipinski definition) is 2. The fourth-order valence-corrected chi connectivity index (χ4v) is 1.79. The van der Waals surface area contributed by atoms with Crippen molar-refractivity contribution in [3.05, 3.63) is 35.4 Å². The van der Waals surface area contributed by atoms with Gasteiger partial charge in [0.25, 0.3) is 5.91 Å². The highest BCUT2D eigenvalue weighted by atomic mass is 32.1. The van der Waals surface area contributed by atoms with Gasteiger partial charge in [-0.1, -0.05) is 17.7 Å². The van der Waals surface area contributed by atoms with Gasteiger partial charge in [-0.3, -0.25) is 10.1 Å². The number of ether oxygens (including phenoxy) is 1. The van der Waals surface area contributed by atoms with Crippen LogP contribution in [0.1, 0.15) is 36.2 Å². The lowest BCUT2D eigenvalue weighted by atomic mass is 10.1. The van der Waals surface area contributed by atoms with Gasteiger partial charge in [0.05, 0.1) is 6.10 Å². The lowest BCUT2D eigenvalue weighted by molar-refractivity contribution is 0.0777. The van der Waals surface area contributed by atoms with Gasteiger partial charge in [-0.15, -0.1) is 0 Å². The summed E-state index contributed by atoms with van der Waals surface area (Å²) in [5.41, 5.74) is 1.65. The average molecular weight is 294 g/mol. The lowest BCUT2D eigenvalue weighted by Crippen LogP contribution is -2.39. The van der Waals surface area contributed by atoms with Crippen LogP contribution in [0.5, 0.6) is 0 Å². The van der Waals surface area contributed by atoms with Crippen molar-refractivity contribution in [1.82, 2.24) is 10.6 Å². The van der Waals surface area contributed by atoms with Gasteiger partial charge < -0.3 is 10.1 Å². The smallest absolute Gasteiger partial charge is 0.257 e. The number of hydrogen-bond acceptors (Lipinski definition) is 3. The maximum atomic E-state index is 11.9.